The fourth-order valence-electron chi connectivity index (χ4n) is 2.95. The Hall–Kier alpha value is -3.81. The fourth-order valence-corrected chi connectivity index (χ4v) is 2.95. The van der Waals surface area contributed by atoms with E-state index in [1.165, 1.54) is 22.9 Å². The van der Waals surface area contributed by atoms with Gasteiger partial charge in [0.25, 0.3) is 5.56 Å². The second-order valence-corrected chi connectivity index (χ2v) is 6.51. The van der Waals surface area contributed by atoms with Crippen LogP contribution in [0.15, 0.2) is 70.0 Å². The number of aromatic nitrogens is 4. The summed E-state index contributed by atoms with van der Waals surface area (Å²) in [6.45, 7) is 2.76. The lowest BCUT2D eigenvalue weighted by Crippen LogP contribution is -2.23. The second-order valence-electron chi connectivity index (χ2n) is 6.51. The van der Waals surface area contributed by atoms with E-state index in [0.29, 0.717) is 30.4 Å². The summed E-state index contributed by atoms with van der Waals surface area (Å²) in [5.74, 6) is 1.25. The van der Waals surface area contributed by atoms with Crippen molar-refractivity contribution in [1.82, 2.24) is 19.9 Å². The van der Waals surface area contributed by atoms with Gasteiger partial charge in [-0.15, -0.1) is 0 Å². The van der Waals surface area contributed by atoms with Crippen LogP contribution in [0.2, 0.25) is 0 Å². The summed E-state index contributed by atoms with van der Waals surface area (Å²) >= 11 is 0. The van der Waals surface area contributed by atoms with E-state index in [2.05, 4.69) is 15.2 Å². The van der Waals surface area contributed by atoms with Gasteiger partial charge in [-0.25, -0.2) is 9.07 Å². The van der Waals surface area contributed by atoms with E-state index in [9.17, 15) is 9.18 Å². The van der Waals surface area contributed by atoms with E-state index in [0.717, 1.165) is 16.9 Å². The highest BCUT2D eigenvalue weighted by Gasteiger charge is 2.11. The Bertz CT molecular complexity index is 1200. The molecule has 0 fully saturated rings. The molecule has 0 atom stereocenters. The molecule has 0 bridgehead atoms. The number of halogens is 1. The van der Waals surface area contributed by atoms with Crippen LogP contribution >= 0.6 is 0 Å². The Morgan fingerprint density at radius 3 is 2.70 bits per heavy atom. The minimum absolute atomic E-state index is 0.245. The van der Waals surface area contributed by atoms with Gasteiger partial charge in [0.15, 0.2) is 0 Å². The van der Waals surface area contributed by atoms with Gasteiger partial charge in [-0.3, -0.25) is 4.79 Å². The highest BCUT2D eigenvalue weighted by atomic mass is 19.1. The molecule has 4 rings (SSSR count). The number of rotatable bonds is 7. The lowest BCUT2D eigenvalue weighted by atomic mass is 10.1. The van der Waals surface area contributed by atoms with E-state index in [1.807, 2.05) is 31.2 Å². The average Bonchev–Trinajstić information content (AvgIpc) is 3.23. The van der Waals surface area contributed by atoms with Crippen LogP contribution < -0.4 is 10.3 Å². The molecule has 0 unspecified atom stereocenters. The van der Waals surface area contributed by atoms with Crippen molar-refractivity contribution in [3.8, 4) is 28.4 Å². The maximum atomic E-state index is 13.1. The van der Waals surface area contributed by atoms with Gasteiger partial charge in [0.05, 0.1) is 18.8 Å². The smallest absolute Gasteiger partial charge is 0.266 e. The molecule has 0 spiro atoms. The first-order chi connectivity index (χ1) is 14.6. The third-order valence-electron chi connectivity index (χ3n) is 4.42. The first kappa shape index (κ1) is 19.5. The van der Waals surface area contributed by atoms with E-state index in [-0.39, 0.29) is 17.9 Å². The van der Waals surface area contributed by atoms with Crippen LogP contribution in [0.3, 0.4) is 0 Å². The molecule has 2 aromatic heterocycles. The molecule has 0 aliphatic heterocycles. The molecule has 30 heavy (non-hydrogen) atoms. The zero-order valence-corrected chi connectivity index (χ0v) is 16.3. The molecule has 0 N–H and O–H groups in total. The molecule has 4 aromatic rings. The number of ether oxygens (including phenoxy) is 1. The molecule has 0 saturated heterocycles. The summed E-state index contributed by atoms with van der Waals surface area (Å²) in [5.41, 5.74) is 1.84. The fraction of sp³-hybridized carbons (Fsp3) is 0.182. The minimum Gasteiger partial charge on any atom is -0.494 e. The summed E-state index contributed by atoms with van der Waals surface area (Å²) in [6, 6.07) is 16.4. The SMILES string of the molecule is CCOc1cccc(-c2noc(CCn3nc(-c4ccc(F)cc4)ccc3=O)n2)c1. The zero-order valence-electron chi connectivity index (χ0n) is 16.3. The molecular weight excluding hydrogens is 387 g/mol. The van der Waals surface area contributed by atoms with E-state index >= 15 is 0 Å². The third-order valence-corrected chi connectivity index (χ3v) is 4.42. The molecule has 7 nitrogen and oxygen atoms in total. The first-order valence-corrected chi connectivity index (χ1v) is 9.52. The zero-order chi connectivity index (χ0) is 20.9. The molecule has 0 amide bonds. The van der Waals surface area contributed by atoms with Crippen LogP contribution in [0.1, 0.15) is 12.8 Å². The van der Waals surface area contributed by atoms with Crippen LogP contribution in [0, 0.1) is 5.82 Å². The second kappa shape index (κ2) is 8.69. The lowest BCUT2D eigenvalue weighted by Gasteiger charge is -2.06. The highest BCUT2D eigenvalue weighted by molar-refractivity contribution is 5.58. The summed E-state index contributed by atoms with van der Waals surface area (Å²) in [6.07, 6.45) is 0.345. The molecule has 0 saturated carbocycles. The topological polar surface area (TPSA) is 83.0 Å². The van der Waals surface area contributed by atoms with Crippen molar-refractivity contribution in [3.05, 3.63) is 82.7 Å². The van der Waals surface area contributed by atoms with Crippen molar-refractivity contribution in [2.24, 2.45) is 0 Å². The Labute approximate surface area is 171 Å². The van der Waals surface area contributed by atoms with Crippen LogP contribution in [-0.4, -0.2) is 26.5 Å². The largest absolute Gasteiger partial charge is 0.494 e. The Morgan fingerprint density at radius 1 is 1.07 bits per heavy atom. The van der Waals surface area contributed by atoms with Crippen molar-refractivity contribution < 1.29 is 13.7 Å². The molecule has 2 aromatic carbocycles. The summed E-state index contributed by atoms with van der Waals surface area (Å²) in [4.78, 5) is 16.6. The van der Waals surface area contributed by atoms with Crippen molar-refractivity contribution in [2.75, 3.05) is 6.61 Å². The van der Waals surface area contributed by atoms with Crippen molar-refractivity contribution in [3.63, 3.8) is 0 Å². The maximum absolute atomic E-state index is 13.1. The molecule has 152 valence electrons. The molecule has 0 aliphatic rings. The first-order valence-electron chi connectivity index (χ1n) is 9.52. The van der Waals surface area contributed by atoms with Gasteiger partial charge in [0.1, 0.15) is 11.6 Å². The van der Waals surface area contributed by atoms with Gasteiger partial charge in [-0.05, 0) is 49.4 Å². The Balaban J connectivity index is 1.49. The van der Waals surface area contributed by atoms with Gasteiger partial charge in [-0.2, -0.15) is 10.1 Å². The normalized spacial score (nSPS) is 10.9. The molecule has 2 heterocycles. The average molecular weight is 406 g/mol. The monoisotopic (exact) mass is 406 g/mol. The summed E-state index contributed by atoms with van der Waals surface area (Å²) in [7, 11) is 0. The van der Waals surface area contributed by atoms with Crippen LogP contribution in [0.5, 0.6) is 5.75 Å². The number of hydrogen-bond acceptors (Lipinski definition) is 6. The Kier molecular flexibility index (Phi) is 5.65. The van der Waals surface area contributed by atoms with Gasteiger partial charge in [0.2, 0.25) is 11.7 Å². The van der Waals surface area contributed by atoms with Crippen molar-refractivity contribution >= 4 is 0 Å². The van der Waals surface area contributed by atoms with Crippen LogP contribution in [-0.2, 0) is 13.0 Å². The quantitative estimate of drug-likeness (QED) is 0.465. The van der Waals surface area contributed by atoms with Crippen molar-refractivity contribution in [2.45, 2.75) is 19.9 Å². The van der Waals surface area contributed by atoms with Gasteiger partial charge < -0.3 is 9.26 Å². The molecule has 8 heteroatoms. The highest BCUT2D eigenvalue weighted by Crippen LogP contribution is 2.22. The number of hydrogen-bond donors (Lipinski definition) is 0. The predicted octanol–water partition coefficient (Wildman–Crippen LogP) is 3.74. The van der Waals surface area contributed by atoms with Gasteiger partial charge in [0, 0.05) is 23.6 Å². The lowest BCUT2D eigenvalue weighted by molar-refractivity contribution is 0.340. The standard InChI is InChI=1S/C22H19FN4O3/c1-2-29-18-5-3-4-16(14-18)22-24-20(30-26-22)12-13-27-21(28)11-10-19(25-27)15-6-8-17(23)9-7-15/h3-11,14H,2,12-13H2,1H3. The minimum atomic E-state index is -0.328. The van der Waals surface area contributed by atoms with Crippen LogP contribution in [0.4, 0.5) is 4.39 Å². The van der Waals surface area contributed by atoms with E-state index < -0.39 is 0 Å². The van der Waals surface area contributed by atoms with Crippen molar-refractivity contribution in [1.29, 1.82) is 0 Å². The Morgan fingerprint density at radius 2 is 1.90 bits per heavy atom. The molecular formula is C22H19FN4O3. The molecule has 0 radical (unpaired) electrons. The van der Waals surface area contributed by atoms with Gasteiger partial charge in [-0.1, -0.05) is 17.3 Å². The van der Waals surface area contributed by atoms with E-state index in [1.54, 1.807) is 18.2 Å². The summed E-state index contributed by atoms with van der Waals surface area (Å²) in [5, 5.41) is 8.37. The number of benzene rings is 2. The predicted molar refractivity (Wildman–Crippen MR) is 108 cm³/mol. The molecule has 0 aliphatic carbocycles. The van der Waals surface area contributed by atoms with E-state index in [4.69, 9.17) is 9.26 Å². The van der Waals surface area contributed by atoms with Gasteiger partial charge >= 0.3 is 0 Å². The maximum Gasteiger partial charge on any atom is 0.266 e. The number of aryl methyl sites for hydroxylation is 2. The third kappa shape index (κ3) is 4.43. The summed E-state index contributed by atoms with van der Waals surface area (Å²) < 4.78 is 25.3. The number of nitrogens with zero attached hydrogens (tertiary/aromatic N) is 4. The van der Waals surface area contributed by atoms with Crippen LogP contribution in [0.25, 0.3) is 22.6 Å².